The molecule has 3 aromatic rings. The number of aromatic nitrogens is 2. The number of nitrogens with zero attached hydrogens (tertiary/aromatic N) is 3. The first-order valence-electron chi connectivity index (χ1n) is 11.0. The minimum atomic E-state index is 0.303. The summed E-state index contributed by atoms with van der Waals surface area (Å²) in [6.07, 6.45) is 6.17. The van der Waals surface area contributed by atoms with Crippen LogP contribution in [0.25, 0.3) is 23.1 Å². The molecule has 32 heavy (non-hydrogen) atoms. The molecule has 2 aromatic carbocycles. The molecule has 0 unspecified atom stereocenters. The maximum absolute atomic E-state index is 6.25. The minimum Gasteiger partial charge on any atom is -0.367 e. The summed E-state index contributed by atoms with van der Waals surface area (Å²) in [5, 5.41) is 5.25. The van der Waals surface area contributed by atoms with Crippen LogP contribution >= 0.6 is 43.5 Å². The fourth-order valence-electron chi connectivity index (χ4n) is 3.57. The molecule has 0 fully saturated rings. The highest BCUT2D eigenvalue weighted by Crippen LogP contribution is 2.27. The fraction of sp³-hybridized carbons (Fsp3) is 0.360. The van der Waals surface area contributed by atoms with Gasteiger partial charge in [0.1, 0.15) is 5.82 Å². The molecule has 4 nitrogen and oxygen atoms in total. The zero-order chi connectivity index (χ0) is 23.1. The van der Waals surface area contributed by atoms with Gasteiger partial charge in [-0.15, -0.1) is 0 Å². The van der Waals surface area contributed by atoms with Gasteiger partial charge < -0.3 is 10.2 Å². The van der Waals surface area contributed by atoms with E-state index in [0.29, 0.717) is 16.9 Å². The third-order valence-electron chi connectivity index (χ3n) is 5.44. The number of anilines is 1. The Kier molecular flexibility index (Phi) is 9.53. The van der Waals surface area contributed by atoms with Crippen LogP contribution in [0.4, 0.5) is 5.82 Å². The normalized spacial score (nSPS) is 12.7. The highest BCUT2D eigenvalue weighted by molar-refractivity contribution is 9.11. The van der Waals surface area contributed by atoms with Crippen molar-refractivity contribution in [1.82, 2.24) is 14.9 Å². The Morgan fingerprint density at radius 2 is 1.84 bits per heavy atom. The van der Waals surface area contributed by atoms with E-state index in [0.717, 1.165) is 63.7 Å². The highest BCUT2D eigenvalue weighted by atomic mass is 79.9. The maximum Gasteiger partial charge on any atom is 0.154 e. The van der Waals surface area contributed by atoms with Gasteiger partial charge in [0.25, 0.3) is 0 Å². The first kappa shape index (κ1) is 25.2. The van der Waals surface area contributed by atoms with Gasteiger partial charge in [-0.05, 0) is 81.4 Å². The minimum absolute atomic E-state index is 0.303. The third kappa shape index (κ3) is 7.01. The van der Waals surface area contributed by atoms with E-state index in [-0.39, 0.29) is 0 Å². The first-order chi connectivity index (χ1) is 15.4. The second kappa shape index (κ2) is 12.1. The van der Waals surface area contributed by atoms with Gasteiger partial charge in [0, 0.05) is 25.4 Å². The van der Waals surface area contributed by atoms with E-state index in [1.54, 1.807) is 0 Å². The van der Waals surface area contributed by atoms with E-state index in [4.69, 9.17) is 21.6 Å². The van der Waals surface area contributed by atoms with Crippen molar-refractivity contribution < 1.29 is 0 Å². The highest BCUT2D eigenvalue weighted by Gasteiger charge is 2.11. The molecule has 0 aliphatic rings. The molecule has 0 radical (unpaired) electrons. The summed E-state index contributed by atoms with van der Waals surface area (Å²) in [6.45, 7) is 9.95. The Bertz CT molecular complexity index is 1080. The summed E-state index contributed by atoms with van der Waals surface area (Å²) in [4.78, 5) is 12.0. The van der Waals surface area contributed by atoms with Crippen LogP contribution < -0.4 is 5.32 Å². The van der Waals surface area contributed by atoms with Crippen molar-refractivity contribution in [3.05, 3.63) is 61.8 Å². The SMILES string of the molecule is CCN(CC)CCC[C@H](C)Nc1nc(/C=C\c2ccc(Br)cc2Br)nc2cc(Cl)ccc12. The van der Waals surface area contributed by atoms with Crippen LogP contribution in [0.5, 0.6) is 0 Å². The molecule has 1 aromatic heterocycles. The molecule has 0 bridgehead atoms. The predicted molar refractivity (Wildman–Crippen MR) is 145 cm³/mol. The van der Waals surface area contributed by atoms with E-state index in [1.165, 1.54) is 0 Å². The number of hydrogen-bond acceptors (Lipinski definition) is 4. The molecular weight excluding hydrogens is 552 g/mol. The summed E-state index contributed by atoms with van der Waals surface area (Å²) >= 11 is 13.3. The van der Waals surface area contributed by atoms with E-state index in [1.807, 2.05) is 48.6 Å². The average molecular weight is 581 g/mol. The molecule has 7 heteroatoms. The number of halogens is 3. The Morgan fingerprint density at radius 3 is 2.56 bits per heavy atom. The van der Waals surface area contributed by atoms with E-state index >= 15 is 0 Å². The van der Waals surface area contributed by atoms with Crippen molar-refractivity contribution in [3.63, 3.8) is 0 Å². The summed E-state index contributed by atoms with van der Waals surface area (Å²) in [6, 6.07) is 12.1. The Balaban J connectivity index is 1.82. The predicted octanol–water partition coefficient (Wildman–Crippen LogP) is 7.90. The van der Waals surface area contributed by atoms with Gasteiger partial charge in [0.15, 0.2) is 5.82 Å². The van der Waals surface area contributed by atoms with Gasteiger partial charge in [-0.25, -0.2) is 9.97 Å². The molecule has 1 N–H and O–H groups in total. The molecule has 3 rings (SSSR count). The molecule has 170 valence electrons. The van der Waals surface area contributed by atoms with Crippen LogP contribution in [0.1, 0.15) is 45.0 Å². The second-order valence-corrected chi connectivity index (χ2v) is 10.0. The molecule has 0 spiro atoms. The van der Waals surface area contributed by atoms with Gasteiger partial charge >= 0.3 is 0 Å². The molecule has 1 atom stereocenters. The topological polar surface area (TPSA) is 41.0 Å². The molecule has 0 aliphatic heterocycles. The van der Waals surface area contributed by atoms with Crippen LogP contribution in [-0.4, -0.2) is 40.5 Å². The van der Waals surface area contributed by atoms with Gasteiger partial charge in [0.05, 0.1) is 5.52 Å². The van der Waals surface area contributed by atoms with Crippen molar-refractivity contribution in [2.75, 3.05) is 25.0 Å². The van der Waals surface area contributed by atoms with Gasteiger partial charge in [-0.2, -0.15) is 0 Å². The molecule has 0 saturated carbocycles. The second-order valence-electron chi connectivity index (χ2n) is 7.81. The van der Waals surface area contributed by atoms with Crippen molar-refractivity contribution in [2.24, 2.45) is 0 Å². The van der Waals surface area contributed by atoms with Gasteiger partial charge in [-0.3, -0.25) is 0 Å². The summed E-state index contributed by atoms with van der Waals surface area (Å²) in [5.74, 6) is 1.49. The lowest BCUT2D eigenvalue weighted by Crippen LogP contribution is -2.25. The lowest BCUT2D eigenvalue weighted by molar-refractivity contribution is 0.295. The van der Waals surface area contributed by atoms with Gasteiger partial charge in [-0.1, -0.05) is 69.5 Å². The molecule has 0 aliphatic carbocycles. The third-order valence-corrected chi connectivity index (χ3v) is 6.85. The monoisotopic (exact) mass is 578 g/mol. The van der Waals surface area contributed by atoms with Crippen LogP contribution in [0.3, 0.4) is 0 Å². The Hall–Kier alpha value is -1.47. The van der Waals surface area contributed by atoms with Crippen LogP contribution in [0.2, 0.25) is 5.02 Å². The lowest BCUT2D eigenvalue weighted by Gasteiger charge is -2.20. The number of hydrogen-bond donors (Lipinski definition) is 1. The van der Waals surface area contributed by atoms with Crippen molar-refractivity contribution >= 4 is 72.3 Å². The lowest BCUT2D eigenvalue weighted by atomic mass is 10.1. The largest absolute Gasteiger partial charge is 0.367 e. The quantitative estimate of drug-likeness (QED) is 0.265. The van der Waals surface area contributed by atoms with Gasteiger partial charge in [0.2, 0.25) is 0 Å². The number of fused-ring (bicyclic) bond motifs is 1. The first-order valence-corrected chi connectivity index (χ1v) is 12.9. The van der Waals surface area contributed by atoms with Crippen LogP contribution in [0, 0.1) is 0 Å². The van der Waals surface area contributed by atoms with E-state index in [9.17, 15) is 0 Å². The molecule has 0 amide bonds. The smallest absolute Gasteiger partial charge is 0.154 e. The standard InChI is InChI=1S/C25H29Br2ClN4/c1-4-32(5-2)14-6-7-17(3)29-25-21-12-11-20(28)16-23(21)30-24(31-25)13-9-18-8-10-19(26)15-22(18)27/h8-13,15-17H,4-7,14H2,1-3H3,(H,29,30,31)/b13-9-/t17-/m0/s1. The fourth-order valence-corrected chi connectivity index (χ4v) is 4.92. The summed E-state index contributed by atoms with van der Waals surface area (Å²) in [7, 11) is 0. The zero-order valence-electron chi connectivity index (χ0n) is 18.7. The summed E-state index contributed by atoms with van der Waals surface area (Å²) < 4.78 is 2.03. The zero-order valence-corrected chi connectivity index (χ0v) is 22.6. The number of benzene rings is 2. The Labute approximate surface area is 212 Å². The van der Waals surface area contributed by atoms with Crippen molar-refractivity contribution in [2.45, 2.75) is 39.7 Å². The Morgan fingerprint density at radius 1 is 1.06 bits per heavy atom. The number of rotatable bonds is 10. The van der Waals surface area contributed by atoms with E-state index in [2.05, 4.69) is 62.8 Å². The van der Waals surface area contributed by atoms with Crippen LogP contribution in [-0.2, 0) is 0 Å². The average Bonchev–Trinajstić information content (AvgIpc) is 2.76. The van der Waals surface area contributed by atoms with Crippen LogP contribution in [0.15, 0.2) is 45.3 Å². The van der Waals surface area contributed by atoms with E-state index < -0.39 is 0 Å². The molecular formula is C25H29Br2ClN4. The summed E-state index contributed by atoms with van der Waals surface area (Å²) in [5.41, 5.74) is 1.89. The van der Waals surface area contributed by atoms with Crippen molar-refractivity contribution in [3.8, 4) is 0 Å². The number of nitrogens with one attached hydrogen (secondary N) is 1. The maximum atomic E-state index is 6.25. The molecule has 1 heterocycles. The van der Waals surface area contributed by atoms with Crippen molar-refractivity contribution in [1.29, 1.82) is 0 Å². The molecule has 0 saturated heterocycles.